The molecule has 0 spiro atoms. The average molecular weight is 260 g/mol. The lowest BCUT2D eigenvalue weighted by Crippen LogP contribution is -2.43. The molecule has 0 aromatic carbocycles. The molecule has 1 aromatic rings. The Hall–Kier alpha value is -0.920. The van der Waals surface area contributed by atoms with E-state index in [4.69, 9.17) is 5.73 Å². The summed E-state index contributed by atoms with van der Waals surface area (Å²) in [4.78, 5) is 0. The minimum absolute atomic E-state index is 0.0594. The summed E-state index contributed by atoms with van der Waals surface area (Å²) < 4.78 is 26.9. The van der Waals surface area contributed by atoms with Gasteiger partial charge < -0.3 is 5.73 Å². The highest BCUT2D eigenvalue weighted by Gasteiger charge is 2.28. The van der Waals surface area contributed by atoms with Gasteiger partial charge in [-0.1, -0.05) is 13.3 Å². The molecule has 0 amide bonds. The second kappa shape index (κ2) is 5.16. The van der Waals surface area contributed by atoms with Gasteiger partial charge in [0.1, 0.15) is 0 Å². The maximum Gasteiger partial charge on any atom is 0.258 e. The summed E-state index contributed by atoms with van der Waals surface area (Å²) in [6.45, 7) is 5.86. The van der Waals surface area contributed by atoms with E-state index in [-0.39, 0.29) is 11.6 Å². The number of aromatic amines is 1. The molecular formula is C10H20N4O2S. The third kappa shape index (κ3) is 3.52. The van der Waals surface area contributed by atoms with Crippen LogP contribution in [0.25, 0.3) is 0 Å². The summed E-state index contributed by atoms with van der Waals surface area (Å²) in [6.07, 6.45) is 3.10. The summed E-state index contributed by atoms with van der Waals surface area (Å²) in [5.41, 5.74) is 5.47. The van der Waals surface area contributed by atoms with Crippen molar-refractivity contribution in [2.75, 3.05) is 0 Å². The lowest BCUT2D eigenvalue weighted by Gasteiger charge is -2.25. The van der Waals surface area contributed by atoms with Gasteiger partial charge >= 0.3 is 0 Å². The van der Waals surface area contributed by atoms with Crippen molar-refractivity contribution in [1.29, 1.82) is 0 Å². The van der Waals surface area contributed by atoms with Gasteiger partial charge in [0.15, 0.2) is 5.03 Å². The molecule has 0 atom stereocenters. The van der Waals surface area contributed by atoms with Crippen LogP contribution in [0, 0.1) is 0 Å². The summed E-state index contributed by atoms with van der Waals surface area (Å²) in [5, 5.41) is 6.25. The van der Waals surface area contributed by atoms with E-state index in [0.717, 1.165) is 12.8 Å². The molecule has 0 saturated heterocycles. The predicted molar refractivity (Wildman–Crippen MR) is 65.8 cm³/mol. The van der Waals surface area contributed by atoms with E-state index in [9.17, 15) is 8.42 Å². The smallest absolute Gasteiger partial charge is 0.258 e. The van der Waals surface area contributed by atoms with Gasteiger partial charge in [0, 0.05) is 17.6 Å². The van der Waals surface area contributed by atoms with Gasteiger partial charge in [-0.15, -0.1) is 0 Å². The first-order valence-electron chi connectivity index (χ1n) is 5.58. The van der Waals surface area contributed by atoms with E-state index >= 15 is 0 Å². The number of rotatable bonds is 6. The number of sulfonamides is 1. The van der Waals surface area contributed by atoms with Crippen molar-refractivity contribution in [1.82, 2.24) is 14.9 Å². The number of aromatic nitrogens is 2. The molecule has 0 aliphatic carbocycles. The molecule has 0 saturated carbocycles. The van der Waals surface area contributed by atoms with Crippen molar-refractivity contribution < 1.29 is 8.42 Å². The Balaban J connectivity index is 2.97. The number of H-pyrrole nitrogens is 1. The Morgan fingerprint density at radius 2 is 2.18 bits per heavy atom. The van der Waals surface area contributed by atoms with E-state index < -0.39 is 15.6 Å². The summed E-state index contributed by atoms with van der Waals surface area (Å²) >= 11 is 0. The third-order valence-corrected chi connectivity index (χ3v) is 4.16. The zero-order chi connectivity index (χ0) is 13.1. The third-order valence-electron chi connectivity index (χ3n) is 2.45. The van der Waals surface area contributed by atoms with Crippen LogP contribution in [0.3, 0.4) is 0 Å². The number of hydrogen-bond acceptors (Lipinski definition) is 4. The van der Waals surface area contributed by atoms with Gasteiger partial charge in [-0.3, -0.25) is 5.10 Å². The van der Waals surface area contributed by atoms with Gasteiger partial charge in [-0.05, 0) is 20.3 Å². The van der Waals surface area contributed by atoms with Crippen LogP contribution in [0.4, 0.5) is 0 Å². The molecule has 0 radical (unpaired) electrons. The van der Waals surface area contributed by atoms with Gasteiger partial charge in [-0.25, -0.2) is 13.1 Å². The van der Waals surface area contributed by atoms with Gasteiger partial charge in [0.05, 0.1) is 6.20 Å². The molecule has 1 aromatic heterocycles. The fraction of sp³-hybridized carbons (Fsp3) is 0.700. The first-order chi connectivity index (χ1) is 7.82. The van der Waals surface area contributed by atoms with E-state index in [1.54, 1.807) is 0 Å². The number of hydrogen-bond donors (Lipinski definition) is 3. The van der Waals surface area contributed by atoms with Crippen molar-refractivity contribution in [3.05, 3.63) is 11.8 Å². The summed E-state index contributed by atoms with van der Waals surface area (Å²) in [6, 6.07) is 0. The van der Waals surface area contributed by atoms with E-state index in [1.807, 2.05) is 20.8 Å². The number of nitrogens with one attached hydrogen (secondary N) is 2. The lowest BCUT2D eigenvalue weighted by atomic mass is 10.0. The van der Waals surface area contributed by atoms with Crippen molar-refractivity contribution in [2.24, 2.45) is 5.73 Å². The van der Waals surface area contributed by atoms with Crippen LogP contribution in [0.1, 0.15) is 39.2 Å². The molecule has 17 heavy (non-hydrogen) atoms. The Bertz CT molecular complexity index is 464. The first kappa shape index (κ1) is 14.1. The van der Waals surface area contributed by atoms with E-state index in [0.29, 0.717) is 5.56 Å². The van der Waals surface area contributed by atoms with Gasteiger partial charge in [0.25, 0.3) is 10.0 Å². The fourth-order valence-corrected chi connectivity index (χ4v) is 3.35. The lowest BCUT2D eigenvalue weighted by molar-refractivity contribution is 0.416. The molecule has 0 aliphatic heterocycles. The molecule has 0 aliphatic rings. The van der Waals surface area contributed by atoms with E-state index in [2.05, 4.69) is 14.9 Å². The Kier molecular flexibility index (Phi) is 4.29. The maximum atomic E-state index is 12.1. The molecule has 1 heterocycles. The molecule has 0 unspecified atom stereocenters. The van der Waals surface area contributed by atoms with Gasteiger partial charge in [0.2, 0.25) is 0 Å². The molecule has 7 heteroatoms. The maximum absolute atomic E-state index is 12.1. The largest absolute Gasteiger partial charge is 0.326 e. The van der Waals surface area contributed by atoms with Crippen LogP contribution in [-0.4, -0.2) is 24.2 Å². The monoisotopic (exact) mass is 260 g/mol. The highest BCUT2D eigenvalue weighted by Crippen LogP contribution is 2.17. The normalized spacial score (nSPS) is 12.9. The van der Waals surface area contributed by atoms with Crippen LogP contribution in [0.15, 0.2) is 11.2 Å². The van der Waals surface area contributed by atoms with Crippen molar-refractivity contribution in [2.45, 2.75) is 50.7 Å². The van der Waals surface area contributed by atoms with Crippen molar-refractivity contribution in [3.8, 4) is 0 Å². The van der Waals surface area contributed by atoms with Crippen LogP contribution in [-0.2, 0) is 16.6 Å². The molecule has 4 N–H and O–H groups in total. The highest BCUT2D eigenvalue weighted by atomic mass is 32.2. The van der Waals surface area contributed by atoms with Crippen LogP contribution >= 0.6 is 0 Å². The second-order valence-electron chi connectivity index (χ2n) is 4.67. The molecule has 0 fully saturated rings. The van der Waals surface area contributed by atoms with Crippen molar-refractivity contribution in [3.63, 3.8) is 0 Å². The Morgan fingerprint density at radius 3 is 2.71 bits per heavy atom. The minimum atomic E-state index is -3.59. The first-order valence-corrected chi connectivity index (χ1v) is 7.07. The predicted octanol–water partition coefficient (Wildman–Crippen LogP) is 0.725. The summed E-state index contributed by atoms with van der Waals surface area (Å²) in [5.74, 6) is 0. The highest BCUT2D eigenvalue weighted by molar-refractivity contribution is 7.89. The van der Waals surface area contributed by atoms with Crippen LogP contribution in [0.2, 0.25) is 0 Å². The Morgan fingerprint density at radius 1 is 1.53 bits per heavy atom. The average Bonchev–Trinajstić information content (AvgIpc) is 2.63. The zero-order valence-electron chi connectivity index (χ0n) is 10.4. The molecular weight excluding hydrogens is 240 g/mol. The topological polar surface area (TPSA) is 101 Å². The van der Waals surface area contributed by atoms with Crippen molar-refractivity contribution >= 4 is 10.0 Å². The number of nitrogens with two attached hydrogens (primary N) is 1. The zero-order valence-corrected chi connectivity index (χ0v) is 11.3. The quantitative estimate of drug-likeness (QED) is 0.701. The van der Waals surface area contributed by atoms with Crippen LogP contribution in [0.5, 0.6) is 0 Å². The van der Waals surface area contributed by atoms with Gasteiger partial charge in [-0.2, -0.15) is 5.10 Å². The standard InChI is InChI=1S/C10H20N4O2S/c1-4-5-10(2,3)14-17(15,16)9-8(6-11)7-12-13-9/h7,14H,4-6,11H2,1-3H3,(H,12,13). The molecule has 0 bridgehead atoms. The fourth-order valence-electron chi connectivity index (χ4n) is 1.77. The minimum Gasteiger partial charge on any atom is -0.326 e. The molecule has 1 rings (SSSR count). The molecule has 98 valence electrons. The summed E-state index contributed by atoms with van der Waals surface area (Å²) in [7, 11) is -3.59. The SMILES string of the molecule is CCCC(C)(C)NS(=O)(=O)c1[nH]ncc1CN. The molecule has 6 nitrogen and oxygen atoms in total. The van der Waals surface area contributed by atoms with E-state index in [1.165, 1.54) is 6.20 Å². The Labute approximate surface area is 102 Å². The second-order valence-corrected chi connectivity index (χ2v) is 6.29. The number of nitrogens with zero attached hydrogens (tertiary/aromatic N) is 1. The van der Waals surface area contributed by atoms with Crippen LogP contribution < -0.4 is 10.5 Å².